The highest BCUT2D eigenvalue weighted by atomic mass is 32.2. The maximum atomic E-state index is 12.2. The summed E-state index contributed by atoms with van der Waals surface area (Å²) in [5, 5.41) is 6.13. The lowest BCUT2D eigenvalue weighted by molar-refractivity contribution is 0.402. The summed E-state index contributed by atoms with van der Waals surface area (Å²) < 4.78 is 24.4. The topological polar surface area (TPSA) is 59.1 Å². The van der Waals surface area contributed by atoms with Gasteiger partial charge in [-0.25, -0.2) is 13.4 Å². The van der Waals surface area contributed by atoms with Gasteiger partial charge >= 0.3 is 0 Å². The van der Waals surface area contributed by atoms with E-state index < -0.39 is 15.4 Å². The van der Waals surface area contributed by atoms with Gasteiger partial charge in [-0.1, -0.05) is 18.2 Å². The molecule has 1 unspecified atom stereocenters. The molecule has 1 aromatic heterocycles. The zero-order valence-corrected chi connectivity index (χ0v) is 12.1. The summed E-state index contributed by atoms with van der Waals surface area (Å²) in [6, 6.07) is 7.21. The maximum absolute atomic E-state index is 12.2. The number of fused-ring (bicyclic) bond motifs is 1. The molecule has 0 saturated carbocycles. The van der Waals surface area contributed by atoms with Crippen molar-refractivity contribution in [3.8, 4) is 0 Å². The third-order valence-electron chi connectivity index (χ3n) is 3.65. The standard InChI is InChI=1S/C13H14N2O2S2/c1-14-13(12-15-7-8-18-12)6-9-19(16,17)11-5-3-2-4-10(11)13/h2-5,7-8,14H,6,9H2,1H3. The predicted molar refractivity (Wildman–Crippen MR) is 75.1 cm³/mol. The highest BCUT2D eigenvalue weighted by Crippen LogP contribution is 2.41. The van der Waals surface area contributed by atoms with Crippen LogP contribution in [0.15, 0.2) is 40.7 Å². The molecule has 19 heavy (non-hydrogen) atoms. The molecule has 2 aromatic rings. The van der Waals surface area contributed by atoms with Crippen LogP contribution < -0.4 is 5.32 Å². The number of hydrogen-bond donors (Lipinski definition) is 1. The molecule has 3 rings (SSSR count). The lowest BCUT2D eigenvalue weighted by Crippen LogP contribution is -2.46. The van der Waals surface area contributed by atoms with E-state index in [4.69, 9.17) is 0 Å². The maximum Gasteiger partial charge on any atom is 0.178 e. The molecular formula is C13H14N2O2S2. The zero-order chi connectivity index (χ0) is 13.5. The number of aromatic nitrogens is 1. The van der Waals surface area contributed by atoms with Crippen LogP contribution in [0.5, 0.6) is 0 Å². The monoisotopic (exact) mass is 294 g/mol. The molecule has 0 spiro atoms. The zero-order valence-electron chi connectivity index (χ0n) is 10.5. The van der Waals surface area contributed by atoms with Gasteiger partial charge in [-0.2, -0.15) is 0 Å². The van der Waals surface area contributed by atoms with Gasteiger partial charge in [0.05, 0.1) is 16.2 Å². The smallest absolute Gasteiger partial charge is 0.178 e. The number of sulfone groups is 1. The quantitative estimate of drug-likeness (QED) is 0.917. The summed E-state index contributed by atoms with van der Waals surface area (Å²) in [6.07, 6.45) is 2.27. The van der Waals surface area contributed by atoms with Gasteiger partial charge in [0.2, 0.25) is 0 Å². The average Bonchev–Trinajstić information content (AvgIpc) is 2.94. The first-order valence-corrected chi connectivity index (χ1v) is 8.54. The molecule has 6 heteroatoms. The normalized spacial score (nSPS) is 24.9. The highest BCUT2D eigenvalue weighted by molar-refractivity contribution is 7.91. The van der Waals surface area contributed by atoms with Crippen molar-refractivity contribution in [1.82, 2.24) is 10.3 Å². The van der Waals surface area contributed by atoms with Gasteiger partial charge in [0.15, 0.2) is 9.84 Å². The Morgan fingerprint density at radius 3 is 2.84 bits per heavy atom. The summed E-state index contributed by atoms with van der Waals surface area (Å²) in [6.45, 7) is 0. The van der Waals surface area contributed by atoms with Gasteiger partial charge in [-0.3, -0.25) is 0 Å². The Kier molecular flexibility index (Phi) is 2.96. The fraction of sp³-hybridized carbons (Fsp3) is 0.308. The summed E-state index contributed by atoms with van der Waals surface area (Å²) in [5.74, 6) is 0.143. The Balaban J connectivity index is 2.30. The predicted octanol–water partition coefficient (Wildman–Crippen LogP) is 1.78. The van der Waals surface area contributed by atoms with E-state index in [1.165, 1.54) is 0 Å². The minimum Gasteiger partial charge on any atom is -0.305 e. The number of nitrogens with one attached hydrogen (secondary N) is 1. The average molecular weight is 294 g/mol. The van der Waals surface area contributed by atoms with Crippen LogP contribution in [0, 0.1) is 0 Å². The van der Waals surface area contributed by atoms with Crippen molar-refractivity contribution in [1.29, 1.82) is 0 Å². The van der Waals surface area contributed by atoms with E-state index in [0.29, 0.717) is 11.3 Å². The molecule has 1 aliphatic heterocycles. The third kappa shape index (κ3) is 1.82. The molecule has 100 valence electrons. The summed E-state index contributed by atoms with van der Waals surface area (Å²) >= 11 is 1.55. The van der Waals surface area contributed by atoms with Crippen LogP contribution in [0.25, 0.3) is 0 Å². The Morgan fingerprint density at radius 1 is 1.37 bits per heavy atom. The Morgan fingerprint density at radius 2 is 2.16 bits per heavy atom. The molecule has 0 amide bonds. The lowest BCUT2D eigenvalue weighted by Gasteiger charge is -2.37. The first kappa shape index (κ1) is 12.8. The van der Waals surface area contributed by atoms with Crippen LogP contribution in [0.1, 0.15) is 17.0 Å². The van der Waals surface area contributed by atoms with Gasteiger partial charge in [-0.05, 0) is 25.1 Å². The van der Waals surface area contributed by atoms with Crippen molar-refractivity contribution in [2.24, 2.45) is 0 Å². The molecule has 0 fully saturated rings. The summed E-state index contributed by atoms with van der Waals surface area (Å²) in [4.78, 5) is 4.81. The minimum absolute atomic E-state index is 0.143. The number of thiazole rings is 1. The Labute approximate surface area is 116 Å². The van der Waals surface area contributed by atoms with Crippen LogP contribution in [-0.4, -0.2) is 26.2 Å². The van der Waals surface area contributed by atoms with E-state index in [9.17, 15) is 8.42 Å². The minimum atomic E-state index is -3.18. The molecule has 0 radical (unpaired) electrons. The second-order valence-electron chi connectivity index (χ2n) is 4.56. The van der Waals surface area contributed by atoms with E-state index in [-0.39, 0.29) is 5.75 Å². The van der Waals surface area contributed by atoms with Crippen molar-refractivity contribution in [2.75, 3.05) is 12.8 Å². The number of rotatable bonds is 2. The van der Waals surface area contributed by atoms with Crippen molar-refractivity contribution in [3.05, 3.63) is 46.4 Å². The first-order chi connectivity index (χ1) is 9.10. The van der Waals surface area contributed by atoms with E-state index in [1.54, 1.807) is 29.7 Å². The summed E-state index contributed by atoms with van der Waals surface area (Å²) in [7, 11) is -1.32. The summed E-state index contributed by atoms with van der Waals surface area (Å²) in [5.41, 5.74) is 0.314. The van der Waals surface area contributed by atoms with Gasteiger partial charge in [0, 0.05) is 11.6 Å². The molecule has 0 saturated heterocycles. The number of benzene rings is 1. The molecule has 1 N–H and O–H groups in total. The Hall–Kier alpha value is -1.24. The highest BCUT2D eigenvalue weighted by Gasteiger charge is 2.43. The second-order valence-corrected chi connectivity index (χ2v) is 7.53. The molecule has 4 nitrogen and oxygen atoms in total. The van der Waals surface area contributed by atoms with Gasteiger partial charge < -0.3 is 5.32 Å². The molecule has 0 aliphatic carbocycles. The number of hydrogen-bond acceptors (Lipinski definition) is 5. The van der Waals surface area contributed by atoms with Gasteiger partial charge in [0.25, 0.3) is 0 Å². The van der Waals surface area contributed by atoms with Crippen molar-refractivity contribution < 1.29 is 8.42 Å². The molecular weight excluding hydrogens is 280 g/mol. The van der Waals surface area contributed by atoms with E-state index in [1.807, 2.05) is 24.6 Å². The van der Waals surface area contributed by atoms with Crippen molar-refractivity contribution in [3.63, 3.8) is 0 Å². The molecule has 1 atom stereocenters. The van der Waals surface area contributed by atoms with E-state index >= 15 is 0 Å². The molecule has 2 heterocycles. The molecule has 1 aliphatic rings. The van der Waals surface area contributed by atoms with Crippen LogP contribution >= 0.6 is 11.3 Å². The second kappa shape index (κ2) is 4.40. The van der Waals surface area contributed by atoms with E-state index in [0.717, 1.165) is 10.6 Å². The van der Waals surface area contributed by atoms with Crippen LogP contribution in [0.4, 0.5) is 0 Å². The van der Waals surface area contributed by atoms with Crippen LogP contribution in [0.3, 0.4) is 0 Å². The van der Waals surface area contributed by atoms with Gasteiger partial charge in [-0.15, -0.1) is 11.3 Å². The third-order valence-corrected chi connectivity index (χ3v) is 6.35. The molecule has 0 bridgehead atoms. The Bertz CT molecular complexity index is 695. The molecule has 1 aromatic carbocycles. The lowest BCUT2D eigenvalue weighted by atomic mass is 9.87. The van der Waals surface area contributed by atoms with Crippen LogP contribution in [-0.2, 0) is 15.4 Å². The fourth-order valence-corrected chi connectivity index (χ4v) is 5.19. The van der Waals surface area contributed by atoms with Crippen molar-refractivity contribution >= 4 is 21.2 Å². The fourth-order valence-electron chi connectivity index (χ4n) is 2.65. The first-order valence-electron chi connectivity index (χ1n) is 6.01. The van der Waals surface area contributed by atoms with E-state index in [2.05, 4.69) is 10.3 Å². The largest absolute Gasteiger partial charge is 0.305 e. The number of nitrogens with zero attached hydrogens (tertiary/aromatic N) is 1. The van der Waals surface area contributed by atoms with Crippen LogP contribution in [0.2, 0.25) is 0 Å². The SMILES string of the molecule is CNC1(c2nccs2)CCS(=O)(=O)c2ccccc21. The van der Waals surface area contributed by atoms with Gasteiger partial charge in [0.1, 0.15) is 5.01 Å². The van der Waals surface area contributed by atoms with Crippen molar-refractivity contribution in [2.45, 2.75) is 16.9 Å².